The number of aromatic amines is 1. The van der Waals surface area contributed by atoms with Crippen molar-refractivity contribution in [2.75, 3.05) is 31.1 Å². The third-order valence-electron chi connectivity index (χ3n) is 8.77. The molecule has 0 spiro atoms. The Morgan fingerprint density at radius 2 is 1.72 bits per heavy atom. The number of nitrogens with two attached hydrogens (primary N) is 2. The van der Waals surface area contributed by atoms with Crippen molar-refractivity contribution < 1.29 is 37.5 Å². The first-order valence-electron chi connectivity index (χ1n) is 17.8. The first-order chi connectivity index (χ1) is 25.8. The van der Waals surface area contributed by atoms with Crippen LogP contribution in [-0.4, -0.2) is 71.2 Å². The number of unbranched alkanes of at least 4 members (excludes halogenated alkanes) is 2. The standard InChI is InChI=1S/C36H48FN7O10/c1-3-43(4-2)24-12-11-22-17-25(35(51)54-29(22)19-24)33(49)41-27(10-5-7-15-38)28(45)18-23(32(39)48)9-6-8-16-40-30(46)13-14-31(47)53-21-44-20-26(37)34(50)42-36(44)52/h11-12,17,19-20,23,27H,3-10,13-16,18,21,38H2,1-2H3,(H2,39,48)(H,40,46)(H,41,49)(H,42,50,52)/t23-,27+/m1/s1. The van der Waals surface area contributed by atoms with E-state index in [0.29, 0.717) is 54.0 Å². The summed E-state index contributed by atoms with van der Waals surface area (Å²) in [4.78, 5) is 103. The van der Waals surface area contributed by atoms with Crippen LogP contribution in [0.25, 0.3) is 11.0 Å². The number of hydrogen-bond donors (Lipinski definition) is 5. The van der Waals surface area contributed by atoms with E-state index in [1.54, 1.807) is 17.1 Å². The van der Waals surface area contributed by atoms with Crippen LogP contribution in [0.3, 0.4) is 0 Å². The van der Waals surface area contributed by atoms with Crippen molar-refractivity contribution in [2.45, 2.75) is 84.4 Å². The lowest BCUT2D eigenvalue weighted by molar-refractivity contribution is -0.148. The molecular weight excluding hydrogens is 709 g/mol. The van der Waals surface area contributed by atoms with E-state index in [2.05, 4.69) is 15.5 Å². The second-order valence-electron chi connectivity index (χ2n) is 12.6. The van der Waals surface area contributed by atoms with Crippen molar-refractivity contribution in [3.05, 3.63) is 73.1 Å². The third-order valence-corrected chi connectivity index (χ3v) is 8.77. The van der Waals surface area contributed by atoms with Gasteiger partial charge in [-0.25, -0.2) is 9.59 Å². The van der Waals surface area contributed by atoms with Crippen LogP contribution in [0.15, 0.2) is 49.3 Å². The topological polar surface area (TPSA) is 259 Å². The van der Waals surface area contributed by atoms with Crippen molar-refractivity contribution in [1.29, 1.82) is 0 Å². The molecule has 2 aromatic heterocycles. The molecule has 0 saturated carbocycles. The highest BCUT2D eigenvalue weighted by Gasteiger charge is 2.27. The number of amides is 3. The van der Waals surface area contributed by atoms with E-state index >= 15 is 0 Å². The molecule has 3 aromatic rings. The molecule has 7 N–H and O–H groups in total. The Morgan fingerprint density at radius 3 is 2.41 bits per heavy atom. The molecule has 1 aromatic carbocycles. The Kier molecular flexibility index (Phi) is 16.7. The lowest BCUT2D eigenvalue weighted by atomic mass is 9.91. The van der Waals surface area contributed by atoms with Crippen molar-refractivity contribution in [3.63, 3.8) is 0 Å². The predicted molar refractivity (Wildman–Crippen MR) is 196 cm³/mol. The highest BCUT2D eigenvalue weighted by atomic mass is 19.1. The van der Waals surface area contributed by atoms with Gasteiger partial charge in [-0.05, 0) is 70.7 Å². The van der Waals surface area contributed by atoms with Crippen molar-refractivity contribution in [3.8, 4) is 0 Å². The van der Waals surface area contributed by atoms with Crippen LogP contribution in [0, 0.1) is 11.7 Å². The minimum absolute atomic E-state index is 0.197. The van der Waals surface area contributed by atoms with Gasteiger partial charge in [0, 0.05) is 55.5 Å². The SMILES string of the molecule is CCN(CC)c1ccc2cc(C(=O)N[C@@H](CCCCN)C(=O)C[C@@H](CCCCNC(=O)CCC(=O)OCn3cc(F)c(=O)[nH]c3=O)C(N)=O)c(=O)oc2c1. The van der Waals surface area contributed by atoms with E-state index in [0.717, 1.165) is 18.8 Å². The molecule has 0 aliphatic carbocycles. The zero-order valence-corrected chi connectivity index (χ0v) is 30.5. The van der Waals surface area contributed by atoms with Crippen LogP contribution in [0.1, 0.15) is 82.0 Å². The molecule has 0 bridgehead atoms. The zero-order chi connectivity index (χ0) is 39.8. The maximum atomic E-state index is 13.4. The Hall–Kier alpha value is -5.65. The number of ether oxygens (including phenoxy) is 1. The molecule has 294 valence electrons. The van der Waals surface area contributed by atoms with Crippen LogP contribution in [0.2, 0.25) is 0 Å². The maximum absolute atomic E-state index is 13.4. The van der Waals surface area contributed by atoms with Crippen LogP contribution in [0.5, 0.6) is 0 Å². The number of nitrogens with one attached hydrogen (secondary N) is 3. The van der Waals surface area contributed by atoms with Crippen LogP contribution in [-0.2, 0) is 30.6 Å². The predicted octanol–water partition coefficient (Wildman–Crippen LogP) is 1.18. The zero-order valence-electron chi connectivity index (χ0n) is 30.5. The Balaban J connectivity index is 1.50. The smallest absolute Gasteiger partial charge is 0.349 e. The highest BCUT2D eigenvalue weighted by Crippen LogP contribution is 2.22. The molecule has 3 amide bonds. The Bertz CT molecular complexity index is 1970. The quantitative estimate of drug-likeness (QED) is 0.0519. The summed E-state index contributed by atoms with van der Waals surface area (Å²) in [5.74, 6) is -5.32. The Morgan fingerprint density at radius 1 is 1.00 bits per heavy atom. The van der Waals surface area contributed by atoms with Gasteiger partial charge in [0.1, 0.15) is 11.1 Å². The molecule has 54 heavy (non-hydrogen) atoms. The number of nitrogens with zero attached hydrogens (tertiary/aromatic N) is 2. The number of carbonyl (C=O) groups is 5. The van der Waals surface area contributed by atoms with Gasteiger partial charge in [-0.2, -0.15) is 4.39 Å². The Labute approximate surface area is 309 Å². The van der Waals surface area contributed by atoms with Crippen LogP contribution in [0.4, 0.5) is 10.1 Å². The van der Waals surface area contributed by atoms with Gasteiger partial charge in [0.15, 0.2) is 12.5 Å². The molecule has 0 aliphatic heterocycles. The summed E-state index contributed by atoms with van der Waals surface area (Å²) in [5.41, 5.74) is 9.13. The lowest BCUT2D eigenvalue weighted by Gasteiger charge is -2.21. The average Bonchev–Trinajstić information content (AvgIpc) is 3.13. The summed E-state index contributed by atoms with van der Waals surface area (Å²) in [5, 5.41) is 5.81. The number of anilines is 1. The summed E-state index contributed by atoms with van der Waals surface area (Å²) in [6.45, 7) is 5.43. The van der Waals surface area contributed by atoms with E-state index in [1.165, 1.54) is 6.07 Å². The van der Waals surface area contributed by atoms with Gasteiger partial charge in [-0.15, -0.1) is 0 Å². The first-order valence-corrected chi connectivity index (χ1v) is 17.8. The summed E-state index contributed by atoms with van der Waals surface area (Å²) < 4.78 is 24.3. The first kappa shape index (κ1) is 42.8. The summed E-state index contributed by atoms with van der Waals surface area (Å²) >= 11 is 0. The molecule has 3 rings (SSSR count). The summed E-state index contributed by atoms with van der Waals surface area (Å²) in [6.07, 6.45) is 2.13. The number of esters is 1. The second-order valence-corrected chi connectivity index (χ2v) is 12.6. The van der Waals surface area contributed by atoms with E-state index < -0.39 is 70.9 Å². The fourth-order valence-corrected chi connectivity index (χ4v) is 5.66. The highest BCUT2D eigenvalue weighted by molar-refractivity contribution is 6.00. The number of Topliss-reactive ketones (excluding diaryl/α,β-unsaturated/α-hetero) is 1. The molecule has 0 fully saturated rings. The van der Waals surface area contributed by atoms with Gasteiger partial charge >= 0.3 is 17.3 Å². The normalized spacial score (nSPS) is 12.1. The molecule has 2 heterocycles. The average molecular weight is 758 g/mol. The third kappa shape index (κ3) is 12.8. The largest absolute Gasteiger partial charge is 0.444 e. The van der Waals surface area contributed by atoms with E-state index in [1.807, 2.05) is 19.9 Å². The molecule has 2 atom stereocenters. The van der Waals surface area contributed by atoms with Gasteiger partial charge in [-0.1, -0.05) is 6.42 Å². The van der Waals surface area contributed by atoms with Crippen LogP contribution >= 0.6 is 0 Å². The number of halogens is 1. The van der Waals surface area contributed by atoms with E-state index in [9.17, 15) is 42.7 Å². The number of rotatable bonds is 23. The van der Waals surface area contributed by atoms with Gasteiger partial charge < -0.3 is 36.2 Å². The number of hydrogen-bond acceptors (Lipinski definition) is 12. The fourth-order valence-electron chi connectivity index (χ4n) is 5.66. The number of carbonyl (C=O) groups excluding carboxylic acids is 5. The van der Waals surface area contributed by atoms with Crippen molar-refractivity contribution >= 4 is 46.1 Å². The monoisotopic (exact) mass is 757 g/mol. The summed E-state index contributed by atoms with van der Waals surface area (Å²) in [7, 11) is 0. The molecule has 17 nitrogen and oxygen atoms in total. The minimum Gasteiger partial charge on any atom is -0.444 e. The number of benzene rings is 1. The van der Waals surface area contributed by atoms with Gasteiger partial charge in [0.25, 0.3) is 11.5 Å². The molecule has 18 heteroatoms. The minimum atomic E-state index is -1.23. The molecular formula is C36H48FN7O10. The molecule has 0 unspecified atom stereocenters. The lowest BCUT2D eigenvalue weighted by Crippen LogP contribution is -2.43. The fraction of sp³-hybridized carbons (Fsp3) is 0.500. The second kappa shape index (κ2) is 21.2. The number of aromatic nitrogens is 2. The molecule has 0 saturated heterocycles. The van der Waals surface area contributed by atoms with E-state index in [-0.39, 0.29) is 44.2 Å². The van der Waals surface area contributed by atoms with Crippen molar-refractivity contribution in [2.24, 2.45) is 17.4 Å². The number of ketones is 1. The van der Waals surface area contributed by atoms with E-state index in [4.69, 9.17) is 20.6 Å². The van der Waals surface area contributed by atoms with Gasteiger partial charge in [0.05, 0.1) is 18.7 Å². The number of primary amides is 1. The van der Waals surface area contributed by atoms with Crippen LogP contribution < -0.4 is 43.9 Å². The summed E-state index contributed by atoms with van der Waals surface area (Å²) in [6, 6.07) is 5.76. The number of fused-ring (bicyclic) bond motifs is 1. The number of H-pyrrole nitrogens is 1. The van der Waals surface area contributed by atoms with Gasteiger partial charge in [-0.3, -0.25) is 38.3 Å². The van der Waals surface area contributed by atoms with Crippen molar-refractivity contribution in [1.82, 2.24) is 20.2 Å². The molecule has 0 aliphatic rings. The van der Waals surface area contributed by atoms with Gasteiger partial charge in [0.2, 0.25) is 17.6 Å². The molecule has 0 radical (unpaired) electrons. The maximum Gasteiger partial charge on any atom is 0.349 e.